The van der Waals surface area contributed by atoms with E-state index in [2.05, 4.69) is 4.98 Å². The van der Waals surface area contributed by atoms with Crippen molar-refractivity contribution in [2.75, 3.05) is 31.1 Å². The van der Waals surface area contributed by atoms with Gasteiger partial charge in [0, 0.05) is 39.3 Å². The predicted molar refractivity (Wildman–Crippen MR) is 75.3 cm³/mol. The quantitative estimate of drug-likeness (QED) is 0.895. The monoisotopic (exact) mass is 297 g/mol. The number of aromatic nitrogens is 1. The minimum Gasteiger partial charge on any atom is -0.478 e. The first-order valence-electron chi connectivity index (χ1n) is 6.38. The Bertz CT molecular complexity index is 536. The summed E-state index contributed by atoms with van der Waals surface area (Å²) in [6.45, 7) is 4.25. The largest absolute Gasteiger partial charge is 0.478 e. The van der Waals surface area contributed by atoms with Gasteiger partial charge >= 0.3 is 5.97 Å². The highest BCUT2D eigenvalue weighted by Gasteiger charge is 2.19. The van der Waals surface area contributed by atoms with Crippen molar-refractivity contribution in [3.05, 3.63) is 22.8 Å². The summed E-state index contributed by atoms with van der Waals surface area (Å²) < 4.78 is 0. The smallest absolute Gasteiger partial charge is 0.337 e. The lowest BCUT2D eigenvalue weighted by Crippen LogP contribution is -2.33. The summed E-state index contributed by atoms with van der Waals surface area (Å²) in [6, 6.07) is 1.48. The fourth-order valence-corrected chi connectivity index (χ4v) is 2.41. The molecule has 1 aliphatic heterocycles. The van der Waals surface area contributed by atoms with E-state index in [9.17, 15) is 9.59 Å². The van der Waals surface area contributed by atoms with Crippen LogP contribution in [0.4, 0.5) is 5.82 Å². The van der Waals surface area contributed by atoms with E-state index >= 15 is 0 Å². The van der Waals surface area contributed by atoms with Gasteiger partial charge in [0.25, 0.3) is 0 Å². The van der Waals surface area contributed by atoms with Crippen molar-refractivity contribution >= 4 is 29.3 Å². The third kappa shape index (κ3) is 3.19. The zero-order valence-corrected chi connectivity index (χ0v) is 11.9. The molecule has 1 amide bonds. The summed E-state index contributed by atoms with van der Waals surface area (Å²) >= 11 is 5.81. The number of amides is 1. The number of anilines is 1. The average molecular weight is 298 g/mol. The van der Waals surface area contributed by atoms with Gasteiger partial charge in [-0.3, -0.25) is 4.79 Å². The maximum Gasteiger partial charge on any atom is 0.337 e. The van der Waals surface area contributed by atoms with Crippen LogP contribution in [-0.2, 0) is 4.79 Å². The normalized spacial score (nSPS) is 15.9. The van der Waals surface area contributed by atoms with Crippen molar-refractivity contribution in [2.24, 2.45) is 0 Å². The van der Waals surface area contributed by atoms with E-state index < -0.39 is 5.97 Å². The zero-order valence-electron chi connectivity index (χ0n) is 11.2. The molecule has 108 valence electrons. The number of carbonyl (C=O) groups is 2. The fraction of sp³-hybridized carbons (Fsp3) is 0.462. The molecule has 0 aliphatic carbocycles. The topological polar surface area (TPSA) is 73.7 Å². The van der Waals surface area contributed by atoms with E-state index in [-0.39, 0.29) is 16.5 Å². The Morgan fingerprint density at radius 1 is 1.30 bits per heavy atom. The molecule has 1 fully saturated rings. The molecule has 0 saturated carbocycles. The van der Waals surface area contributed by atoms with Crippen LogP contribution >= 0.6 is 11.6 Å². The lowest BCUT2D eigenvalue weighted by Gasteiger charge is -2.22. The first kappa shape index (κ1) is 14.6. The van der Waals surface area contributed by atoms with Gasteiger partial charge in [-0.25, -0.2) is 9.78 Å². The fourth-order valence-electron chi connectivity index (χ4n) is 2.23. The number of hydrogen-bond donors (Lipinski definition) is 1. The van der Waals surface area contributed by atoms with Gasteiger partial charge in [-0.1, -0.05) is 11.6 Å². The minimum absolute atomic E-state index is 0.0457. The molecule has 1 saturated heterocycles. The van der Waals surface area contributed by atoms with Gasteiger partial charge in [0.1, 0.15) is 5.82 Å². The molecule has 7 heteroatoms. The summed E-state index contributed by atoms with van der Waals surface area (Å²) in [5.41, 5.74) is 0.0457. The molecule has 0 radical (unpaired) electrons. The van der Waals surface area contributed by atoms with Gasteiger partial charge in [-0.05, 0) is 12.5 Å². The van der Waals surface area contributed by atoms with Crippen LogP contribution in [0, 0.1) is 0 Å². The van der Waals surface area contributed by atoms with Gasteiger partial charge < -0.3 is 14.9 Å². The molecule has 0 atom stereocenters. The second kappa shape index (κ2) is 6.09. The Labute approximate surface area is 122 Å². The molecule has 2 rings (SSSR count). The van der Waals surface area contributed by atoms with Crippen LogP contribution in [0.25, 0.3) is 0 Å². The van der Waals surface area contributed by atoms with Crippen molar-refractivity contribution in [2.45, 2.75) is 13.3 Å². The second-order valence-electron chi connectivity index (χ2n) is 4.67. The minimum atomic E-state index is -1.07. The number of rotatable bonds is 2. The molecule has 20 heavy (non-hydrogen) atoms. The third-order valence-electron chi connectivity index (χ3n) is 3.34. The van der Waals surface area contributed by atoms with Gasteiger partial charge in [0.2, 0.25) is 5.91 Å². The van der Waals surface area contributed by atoms with Gasteiger partial charge in [0.05, 0.1) is 10.6 Å². The highest BCUT2D eigenvalue weighted by molar-refractivity contribution is 6.33. The number of nitrogens with zero attached hydrogens (tertiary/aromatic N) is 3. The van der Waals surface area contributed by atoms with Crippen molar-refractivity contribution in [3.63, 3.8) is 0 Å². The molecule has 0 unspecified atom stereocenters. The molecular formula is C13H16ClN3O3. The van der Waals surface area contributed by atoms with E-state index in [0.29, 0.717) is 25.5 Å². The first-order chi connectivity index (χ1) is 9.49. The van der Waals surface area contributed by atoms with E-state index in [1.54, 1.807) is 11.8 Å². The molecule has 1 N–H and O–H groups in total. The third-order valence-corrected chi connectivity index (χ3v) is 3.64. The average Bonchev–Trinajstić information content (AvgIpc) is 2.64. The Kier molecular flexibility index (Phi) is 4.44. The van der Waals surface area contributed by atoms with E-state index in [1.165, 1.54) is 12.3 Å². The summed E-state index contributed by atoms with van der Waals surface area (Å²) in [6.07, 6.45) is 2.18. The highest BCUT2D eigenvalue weighted by atomic mass is 35.5. The molecule has 0 bridgehead atoms. The molecular weight excluding hydrogens is 282 g/mol. The molecule has 2 heterocycles. The molecule has 6 nitrogen and oxygen atoms in total. The second-order valence-corrected chi connectivity index (χ2v) is 5.08. The van der Waals surface area contributed by atoms with Gasteiger partial charge in [-0.2, -0.15) is 0 Å². The van der Waals surface area contributed by atoms with Crippen LogP contribution in [0.2, 0.25) is 5.02 Å². The van der Waals surface area contributed by atoms with Crippen molar-refractivity contribution in [1.82, 2.24) is 9.88 Å². The van der Waals surface area contributed by atoms with E-state index in [4.69, 9.17) is 16.7 Å². The Morgan fingerprint density at radius 2 is 2.05 bits per heavy atom. The lowest BCUT2D eigenvalue weighted by molar-refractivity contribution is -0.128. The Balaban J connectivity index is 2.17. The number of aromatic carboxylic acids is 1. The van der Waals surface area contributed by atoms with Crippen molar-refractivity contribution < 1.29 is 14.7 Å². The molecule has 0 spiro atoms. The summed E-state index contributed by atoms with van der Waals surface area (Å²) in [4.78, 5) is 30.4. The predicted octanol–water partition coefficient (Wildman–Crippen LogP) is 1.49. The van der Waals surface area contributed by atoms with Crippen LogP contribution in [0.15, 0.2) is 12.3 Å². The number of hydrogen-bond acceptors (Lipinski definition) is 4. The van der Waals surface area contributed by atoms with Crippen LogP contribution in [0.5, 0.6) is 0 Å². The maximum absolute atomic E-state index is 11.4. The molecule has 1 aliphatic rings. The standard InChI is InChI=1S/C13H16ClN3O3/c1-9(18)16-3-2-4-17(6-5-16)12-7-10(13(19)20)11(14)8-15-12/h7-8H,2-6H2,1H3,(H,19,20). The van der Waals surface area contributed by atoms with Crippen molar-refractivity contribution in [3.8, 4) is 0 Å². The number of carbonyl (C=O) groups excluding carboxylic acids is 1. The number of carboxylic acid groups (broad SMARTS) is 1. The molecule has 0 aromatic carbocycles. The van der Waals surface area contributed by atoms with E-state index in [1.807, 2.05) is 4.90 Å². The van der Waals surface area contributed by atoms with E-state index in [0.717, 1.165) is 13.0 Å². The van der Waals surface area contributed by atoms with Crippen LogP contribution in [-0.4, -0.2) is 53.0 Å². The first-order valence-corrected chi connectivity index (χ1v) is 6.76. The number of pyridine rings is 1. The summed E-state index contributed by atoms with van der Waals surface area (Å²) in [5, 5.41) is 9.20. The number of carboxylic acids is 1. The maximum atomic E-state index is 11.4. The SMILES string of the molecule is CC(=O)N1CCCN(c2cc(C(=O)O)c(Cl)cn2)CC1. The van der Waals surface area contributed by atoms with Crippen LogP contribution < -0.4 is 4.90 Å². The molecule has 1 aromatic rings. The Morgan fingerprint density at radius 3 is 2.70 bits per heavy atom. The van der Waals surface area contributed by atoms with Gasteiger partial charge in [0.15, 0.2) is 0 Å². The van der Waals surface area contributed by atoms with Crippen LogP contribution in [0.3, 0.4) is 0 Å². The lowest BCUT2D eigenvalue weighted by atomic mass is 10.2. The summed E-state index contributed by atoms with van der Waals surface area (Å²) in [7, 11) is 0. The Hall–Kier alpha value is -1.82. The van der Waals surface area contributed by atoms with Crippen LogP contribution in [0.1, 0.15) is 23.7 Å². The molecule has 1 aromatic heterocycles. The van der Waals surface area contributed by atoms with Crippen molar-refractivity contribution in [1.29, 1.82) is 0 Å². The van der Waals surface area contributed by atoms with Gasteiger partial charge in [-0.15, -0.1) is 0 Å². The zero-order chi connectivity index (χ0) is 14.7. The summed E-state index contributed by atoms with van der Waals surface area (Å²) in [5.74, 6) is -0.432. The number of halogens is 1. The highest BCUT2D eigenvalue weighted by Crippen LogP contribution is 2.21.